The van der Waals surface area contributed by atoms with Gasteiger partial charge in [-0.05, 0) is 12.1 Å². The number of benzene rings is 2. The normalized spacial score (nSPS) is 13.4. The van der Waals surface area contributed by atoms with Gasteiger partial charge >= 0.3 is 0 Å². The molecule has 0 aliphatic heterocycles. The highest BCUT2D eigenvalue weighted by Gasteiger charge is 2.32. The summed E-state index contributed by atoms with van der Waals surface area (Å²) < 4.78 is 0. The molecule has 0 aliphatic carbocycles. The lowest BCUT2D eigenvalue weighted by atomic mass is 9.96. The van der Waals surface area contributed by atoms with Gasteiger partial charge in [0.2, 0.25) is 11.6 Å². The number of phenols is 2. The minimum Gasteiger partial charge on any atom is -0.508 e. The van der Waals surface area contributed by atoms with E-state index in [1.54, 1.807) is 0 Å². The molecule has 0 radical (unpaired) electrons. The topological polar surface area (TPSA) is 115 Å². The van der Waals surface area contributed by atoms with Crippen LogP contribution in [0.25, 0.3) is 0 Å². The number of aliphatic hydroxyl groups excluding tert-OH is 2. The summed E-state index contributed by atoms with van der Waals surface area (Å²) in [5.74, 6) is -3.24. The van der Waals surface area contributed by atoms with Crippen molar-refractivity contribution in [2.45, 2.75) is 12.2 Å². The maximum Gasteiger partial charge on any atom is 0.234 e. The zero-order valence-corrected chi connectivity index (χ0v) is 11.4. The van der Waals surface area contributed by atoms with Crippen molar-refractivity contribution in [1.29, 1.82) is 0 Å². The Labute approximate surface area is 125 Å². The standard InChI is InChI=1S/C16H14O6/c17-11-7-3-1-5-9(11)13(19)15(21)16(22)14(20)10-6-2-4-8-12(10)18/h1-8,13-14,17-20H. The highest BCUT2D eigenvalue weighted by molar-refractivity contribution is 6.40. The van der Waals surface area contributed by atoms with Gasteiger partial charge in [0.1, 0.15) is 23.7 Å². The van der Waals surface area contributed by atoms with Crippen molar-refractivity contribution in [1.82, 2.24) is 0 Å². The largest absolute Gasteiger partial charge is 0.508 e. The highest BCUT2D eigenvalue weighted by Crippen LogP contribution is 2.28. The molecule has 2 aromatic rings. The first kappa shape index (κ1) is 15.7. The Morgan fingerprint density at radius 2 is 1.00 bits per heavy atom. The summed E-state index contributed by atoms with van der Waals surface area (Å²) in [6.07, 6.45) is -3.79. The van der Waals surface area contributed by atoms with Crippen LogP contribution < -0.4 is 0 Å². The van der Waals surface area contributed by atoms with Gasteiger partial charge in [0.05, 0.1) is 0 Å². The second kappa shape index (κ2) is 6.38. The van der Waals surface area contributed by atoms with Gasteiger partial charge in [0.15, 0.2) is 0 Å². The van der Waals surface area contributed by atoms with Crippen molar-refractivity contribution >= 4 is 11.6 Å². The third kappa shape index (κ3) is 2.98. The van der Waals surface area contributed by atoms with E-state index in [1.807, 2.05) is 0 Å². The van der Waals surface area contributed by atoms with Gasteiger partial charge in [-0.15, -0.1) is 0 Å². The number of Topliss-reactive ketones (excluding diaryl/α,β-unsaturated/α-hetero) is 2. The molecule has 6 heteroatoms. The number of rotatable bonds is 5. The van der Waals surface area contributed by atoms with E-state index in [4.69, 9.17) is 0 Å². The van der Waals surface area contributed by atoms with Gasteiger partial charge in [-0.2, -0.15) is 0 Å². The number of phenolic OH excluding ortho intramolecular Hbond substituents is 2. The molecule has 6 nitrogen and oxygen atoms in total. The summed E-state index contributed by atoms with van der Waals surface area (Å²) >= 11 is 0. The number of carbonyl (C=O) groups excluding carboxylic acids is 2. The van der Waals surface area contributed by atoms with Crippen molar-refractivity contribution in [2.75, 3.05) is 0 Å². The molecule has 0 aromatic heterocycles. The van der Waals surface area contributed by atoms with E-state index in [1.165, 1.54) is 48.5 Å². The van der Waals surface area contributed by atoms with Crippen molar-refractivity contribution in [3.63, 3.8) is 0 Å². The van der Waals surface area contributed by atoms with Crippen LogP contribution in [0.15, 0.2) is 48.5 Å². The van der Waals surface area contributed by atoms with Gasteiger partial charge in [0, 0.05) is 11.1 Å². The zero-order chi connectivity index (χ0) is 16.3. The van der Waals surface area contributed by atoms with Crippen LogP contribution in [0.4, 0.5) is 0 Å². The number of aromatic hydroxyl groups is 2. The molecule has 0 aliphatic rings. The molecule has 4 N–H and O–H groups in total. The van der Waals surface area contributed by atoms with Gasteiger partial charge in [-0.1, -0.05) is 36.4 Å². The van der Waals surface area contributed by atoms with Crippen LogP contribution in [0, 0.1) is 0 Å². The molecule has 22 heavy (non-hydrogen) atoms. The molecule has 0 fully saturated rings. The van der Waals surface area contributed by atoms with Crippen molar-refractivity contribution in [3.8, 4) is 11.5 Å². The van der Waals surface area contributed by atoms with Gasteiger partial charge in [-0.25, -0.2) is 0 Å². The summed E-state index contributed by atoms with van der Waals surface area (Å²) in [7, 11) is 0. The molecule has 114 valence electrons. The van der Waals surface area contributed by atoms with Gasteiger partial charge in [-0.3, -0.25) is 9.59 Å². The Kier molecular flexibility index (Phi) is 4.55. The summed E-state index contributed by atoms with van der Waals surface area (Å²) in [4.78, 5) is 23.9. The number of hydrogen-bond acceptors (Lipinski definition) is 6. The number of para-hydroxylation sites is 2. The van der Waals surface area contributed by atoms with Crippen molar-refractivity contribution < 1.29 is 30.0 Å². The summed E-state index contributed by atoms with van der Waals surface area (Å²) in [6.45, 7) is 0. The lowest BCUT2D eigenvalue weighted by molar-refractivity contribution is -0.146. The third-order valence-corrected chi connectivity index (χ3v) is 3.20. The van der Waals surface area contributed by atoms with Crippen LogP contribution in [-0.2, 0) is 9.59 Å². The van der Waals surface area contributed by atoms with Crippen LogP contribution in [0.3, 0.4) is 0 Å². The maximum atomic E-state index is 12.0. The summed E-state index contributed by atoms with van der Waals surface area (Å²) in [6, 6.07) is 11.1. The number of aliphatic hydroxyl groups is 2. The van der Waals surface area contributed by atoms with E-state index in [2.05, 4.69) is 0 Å². The Hall–Kier alpha value is -2.70. The molecule has 0 heterocycles. The zero-order valence-electron chi connectivity index (χ0n) is 11.4. The summed E-state index contributed by atoms with van der Waals surface area (Å²) in [5, 5.41) is 39.0. The first-order valence-corrected chi connectivity index (χ1v) is 6.43. The average molecular weight is 302 g/mol. The second-order valence-electron chi connectivity index (χ2n) is 4.65. The fraction of sp³-hybridized carbons (Fsp3) is 0.125. The smallest absolute Gasteiger partial charge is 0.234 e. The minimum absolute atomic E-state index is 0.134. The van der Waals surface area contributed by atoms with E-state index in [9.17, 15) is 30.0 Å². The lowest BCUT2D eigenvalue weighted by Gasteiger charge is -2.14. The minimum atomic E-state index is -1.89. The highest BCUT2D eigenvalue weighted by atomic mass is 16.3. The Bertz CT molecular complexity index is 648. The Morgan fingerprint density at radius 1 is 0.682 bits per heavy atom. The number of hydrogen-bond donors (Lipinski definition) is 4. The molecule has 2 rings (SSSR count). The van der Waals surface area contributed by atoms with E-state index in [0.29, 0.717) is 0 Å². The quantitative estimate of drug-likeness (QED) is 0.613. The maximum absolute atomic E-state index is 12.0. The average Bonchev–Trinajstić information content (AvgIpc) is 2.53. The molecule has 0 bridgehead atoms. The predicted octanol–water partition coefficient (Wildman–Crippen LogP) is 1.00. The van der Waals surface area contributed by atoms with Crippen LogP contribution in [-0.4, -0.2) is 32.0 Å². The van der Waals surface area contributed by atoms with Crippen molar-refractivity contribution in [3.05, 3.63) is 59.7 Å². The molecule has 0 spiro atoms. The molecular weight excluding hydrogens is 288 g/mol. The molecular formula is C16H14O6. The van der Waals surface area contributed by atoms with Crippen LogP contribution in [0.1, 0.15) is 23.3 Å². The van der Waals surface area contributed by atoms with Gasteiger partial charge < -0.3 is 20.4 Å². The van der Waals surface area contributed by atoms with Crippen LogP contribution in [0.5, 0.6) is 11.5 Å². The first-order chi connectivity index (χ1) is 10.4. The number of carbonyl (C=O) groups is 2. The van der Waals surface area contributed by atoms with E-state index in [0.717, 1.165) is 0 Å². The molecule has 2 aromatic carbocycles. The van der Waals surface area contributed by atoms with E-state index >= 15 is 0 Å². The van der Waals surface area contributed by atoms with Gasteiger partial charge in [0.25, 0.3) is 0 Å². The Morgan fingerprint density at radius 3 is 1.32 bits per heavy atom. The number of ketones is 2. The fourth-order valence-electron chi connectivity index (χ4n) is 1.99. The molecule has 2 atom stereocenters. The third-order valence-electron chi connectivity index (χ3n) is 3.20. The van der Waals surface area contributed by atoms with Crippen LogP contribution in [0.2, 0.25) is 0 Å². The van der Waals surface area contributed by atoms with E-state index < -0.39 is 23.8 Å². The fourth-order valence-corrected chi connectivity index (χ4v) is 1.99. The SMILES string of the molecule is O=C(C(=O)C(O)c1ccccc1O)C(O)c1ccccc1O. The second-order valence-corrected chi connectivity index (χ2v) is 4.65. The summed E-state index contributed by atoms with van der Waals surface area (Å²) in [5.41, 5.74) is -0.268. The predicted molar refractivity (Wildman–Crippen MR) is 76.1 cm³/mol. The molecule has 2 unspecified atom stereocenters. The lowest BCUT2D eigenvalue weighted by Crippen LogP contribution is -2.27. The van der Waals surface area contributed by atoms with E-state index in [-0.39, 0.29) is 22.6 Å². The first-order valence-electron chi connectivity index (χ1n) is 6.43. The van der Waals surface area contributed by atoms with Crippen LogP contribution >= 0.6 is 0 Å². The molecule has 0 saturated heterocycles. The molecule has 0 saturated carbocycles. The molecule has 0 amide bonds. The Balaban J connectivity index is 2.24. The monoisotopic (exact) mass is 302 g/mol. The van der Waals surface area contributed by atoms with Crippen molar-refractivity contribution in [2.24, 2.45) is 0 Å².